The maximum atomic E-state index is 13.1. The highest BCUT2D eigenvalue weighted by Gasteiger charge is 2.29. The molecule has 1 aliphatic rings. The summed E-state index contributed by atoms with van der Waals surface area (Å²) < 4.78 is 16.7. The largest absolute Gasteiger partial charge is 0.493 e. The number of methoxy groups -OCH3 is 1. The molecule has 0 unspecified atom stereocenters. The molecule has 2 aromatic rings. The van der Waals surface area contributed by atoms with Crippen molar-refractivity contribution in [3.63, 3.8) is 0 Å². The van der Waals surface area contributed by atoms with Crippen LogP contribution in [-0.4, -0.2) is 44.2 Å². The molecule has 1 saturated heterocycles. The second-order valence-corrected chi connectivity index (χ2v) is 5.82. The Morgan fingerprint density at radius 3 is 2.54 bits per heavy atom. The number of ether oxygens (including phenoxy) is 3. The van der Waals surface area contributed by atoms with E-state index < -0.39 is 6.10 Å². The van der Waals surface area contributed by atoms with Gasteiger partial charge in [0.15, 0.2) is 11.5 Å². The summed E-state index contributed by atoms with van der Waals surface area (Å²) in [5.41, 5.74) is 1.22. The molecule has 1 heterocycles. The van der Waals surface area contributed by atoms with Gasteiger partial charge in [-0.25, -0.2) is 0 Å². The van der Waals surface area contributed by atoms with Gasteiger partial charge in [0.25, 0.3) is 5.91 Å². The summed E-state index contributed by atoms with van der Waals surface area (Å²) in [5, 5.41) is 9.05. The maximum absolute atomic E-state index is 13.1. The van der Waals surface area contributed by atoms with Crippen molar-refractivity contribution < 1.29 is 19.0 Å². The Kier molecular flexibility index (Phi) is 5.72. The predicted octanol–water partition coefficient (Wildman–Crippen LogP) is 2.55. The highest BCUT2D eigenvalue weighted by Crippen LogP contribution is 2.33. The summed E-state index contributed by atoms with van der Waals surface area (Å²) in [6.07, 6.45) is -0.795. The van der Waals surface area contributed by atoms with E-state index in [9.17, 15) is 4.79 Å². The topological polar surface area (TPSA) is 71.8 Å². The van der Waals surface area contributed by atoms with Crippen molar-refractivity contribution in [1.29, 1.82) is 5.26 Å². The number of carbonyl (C=O) groups excluding carboxylic acids is 1. The number of hydrogen-bond acceptors (Lipinski definition) is 5. The minimum Gasteiger partial charge on any atom is -0.493 e. The van der Waals surface area contributed by atoms with Crippen LogP contribution in [0.15, 0.2) is 48.5 Å². The van der Waals surface area contributed by atoms with Gasteiger partial charge in [-0.05, 0) is 12.1 Å². The Balaban J connectivity index is 1.91. The number of benzene rings is 2. The van der Waals surface area contributed by atoms with Gasteiger partial charge < -0.3 is 19.1 Å². The maximum Gasteiger partial charge on any atom is 0.268 e. The lowest BCUT2D eigenvalue weighted by Crippen LogP contribution is -2.44. The van der Waals surface area contributed by atoms with Gasteiger partial charge in [0.1, 0.15) is 0 Å². The third-order valence-electron chi connectivity index (χ3n) is 4.19. The molecule has 0 N–H and O–H groups in total. The zero-order valence-corrected chi connectivity index (χ0v) is 14.6. The van der Waals surface area contributed by atoms with E-state index >= 15 is 0 Å². The van der Waals surface area contributed by atoms with Gasteiger partial charge in [-0.1, -0.05) is 30.3 Å². The number of nitriles is 1. The number of hydrogen-bond donors (Lipinski definition) is 0. The van der Waals surface area contributed by atoms with Crippen molar-refractivity contribution in [3.05, 3.63) is 59.7 Å². The van der Waals surface area contributed by atoms with Gasteiger partial charge in [0.2, 0.25) is 6.10 Å². The van der Waals surface area contributed by atoms with E-state index in [1.165, 1.54) is 7.11 Å². The van der Waals surface area contributed by atoms with Crippen LogP contribution in [0.4, 0.5) is 0 Å². The fourth-order valence-corrected chi connectivity index (χ4v) is 2.80. The zero-order valence-electron chi connectivity index (χ0n) is 14.6. The van der Waals surface area contributed by atoms with E-state index in [0.29, 0.717) is 43.4 Å². The Morgan fingerprint density at radius 2 is 1.88 bits per heavy atom. The van der Waals surface area contributed by atoms with Crippen LogP contribution in [0, 0.1) is 11.3 Å². The van der Waals surface area contributed by atoms with E-state index in [2.05, 4.69) is 6.07 Å². The van der Waals surface area contributed by atoms with Crippen LogP contribution in [0.3, 0.4) is 0 Å². The third-order valence-corrected chi connectivity index (χ3v) is 4.19. The molecule has 0 aliphatic carbocycles. The molecule has 0 saturated carbocycles. The summed E-state index contributed by atoms with van der Waals surface area (Å²) in [4.78, 5) is 14.8. The SMILES string of the molecule is COc1cc(C#N)ccc1O[C@H](C(=O)N1CCOCC1)c1ccccc1. The number of carbonyl (C=O) groups is 1. The number of nitrogens with zero attached hydrogens (tertiary/aromatic N) is 2. The van der Waals surface area contributed by atoms with Gasteiger partial charge in [-0.2, -0.15) is 5.26 Å². The van der Waals surface area contributed by atoms with Crippen LogP contribution in [0.1, 0.15) is 17.2 Å². The van der Waals surface area contributed by atoms with Gasteiger partial charge in [0.05, 0.1) is 32.0 Å². The molecule has 2 aromatic carbocycles. The van der Waals surface area contributed by atoms with Crippen molar-refractivity contribution in [2.45, 2.75) is 6.10 Å². The second kappa shape index (κ2) is 8.37. The second-order valence-electron chi connectivity index (χ2n) is 5.82. The van der Waals surface area contributed by atoms with Crippen LogP contribution in [0.5, 0.6) is 11.5 Å². The molecule has 0 radical (unpaired) electrons. The molecule has 1 aliphatic heterocycles. The minimum atomic E-state index is -0.795. The lowest BCUT2D eigenvalue weighted by Gasteiger charge is -2.31. The number of amides is 1. The summed E-state index contributed by atoms with van der Waals surface area (Å²) >= 11 is 0. The molecule has 3 rings (SSSR count). The van der Waals surface area contributed by atoms with Gasteiger partial charge in [-0.15, -0.1) is 0 Å². The highest BCUT2D eigenvalue weighted by atomic mass is 16.5. The highest BCUT2D eigenvalue weighted by molar-refractivity contribution is 5.83. The fraction of sp³-hybridized carbons (Fsp3) is 0.300. The van der Waals surface area contributed by atoms with E-state index in [4.69, 9.17) is 19.5 Å². The van der Waals surface area contributed by atoms with Crippen molar-refractivity contribution in [2.75, 3.05) is 33.4 Å². The predicted molar refractivity (Wildman–Crippen MR) is 94.9 cm³/mol. The van der Waals surface area contributed by atoms with E-state index in [1.54, 1.807) is 23.1 Å². The summed E-state index contributed by atoms with van der Waals surface area (Å²) in [5.74, 6) is 0.715. The molecular formula is C20H20N2O4. The van der Waals surface area contributed by atoms with Crippen LogP contribution in [-0.2, 0) is 9.53 Å². The first-order valence-corrected chi connectivity index (χ1v) is 8.39. The van der Waals surface area contributed by atoms with E-state index in [0.717, 1.165) is 5.56 Å². The quantitative estimate of drug-likeness (QED) is 0.827. The average molecular weight is 352 g/mol. The monoisotopic (exact) mass is 352 g/mol. The Hall–Kier alpha value is -3.04. The first-order valence-electron chi connectivity index (χ1n) is 8.39. The van der Waals surface area contributed by atoms with Crippen molar-refractivity contribution >= 4 is 5.91 Å². The molecule has 1 fully saturated rings. The normalized spacial score (nSPS) is 15.0. The number of morpholine rings is 1. The molecular weight excluding hydrogens is 332 g/mol. The van der Waals surface area contributed by atoms with Gasteiger partial charge in [0, 0.05) is 24.7 Å². The molecule has 6 heteroatoms. The van der Waals surface area contributed by atoms with Crippen LogP contribution >= 0.6 is 0 Å². The van der Waals surface area contributed by atoms with Gasteiger partial charge in [-0.3, -0.25) is 4.79 Å². The summed E-state index contributed by atoms with van der Waals surface area (Å²) in [6.45, 7) is 2.12. The molecule has 1 atom stereocenters. The smallest absolute Gasteiger partial charge is 0.268 e. The zero-order chi connectivity index (χ0) is 18.4. The molecule has 134 valence electrons. The minimum absolute atomic E-state index is 0.120. The third kappa shape index (κ3) is 3.95. The van der Waals surface area contributed by atoms with E-state index in [1.807, 2.05) is 30.3 Å². The fourth-order valence-electron chi connectivity index (χ4n) is 2.80. The first-order chi connectivity index (χ1) is 12.7. The molecule has 0 aromatic heterocycles. The first kappa shape index (κ1) is 17.8. The Bertz CT molecular complexity index is 795. The van der Waals surface area contributed by atoms with Crippen LogP contribution in [0.2, 0.25) is 0 Å². The van der Waals surface area contributed by atoms with Crippen molar-refractivity contribution in [3.8, 4) is 17.6 Å². The molecule has 0 spiro atoms. The van der Waals surface area contributed by atoms with E-state index in [-0.39, 0.29) is 5.91 Å². The lowest BCUT2D eigenvalue weighted by atomic mass is 10.1. The van der Waals surface area contributed by atoms with Crippen LogP contribution in [0.25, 0.3) is 0 Å². The van der Waals surface area contributed by atoms with Crippen LogP contribution < -0.4 is 9.47 Å². The Labute approximate surface area is 152 Å². The average Bonchev–Trinajstić information content (AvgIpc) is 2.72. The van der Waals surface area contributed by atoms with Gasteiger partial charge >= 0.3 is 0 Å². The molecule has 1 amide bonds. The molecule has 26 heavy (non-hydrogen) atoms. The Morgan fingerprint density at radius 1 is 1.15 bits per heavy atom. The standard InChI is InChI=1S/C20H20N2O4/c1-24-18-13-15(14-21)7-8-17(18)26-19(16-5-3-2-4-6-16)20(23)22-9-11-25-12-10-22/h2-8,13,19H,9-12H2,1H3/t19-/m0/s1. The number of rotatable bonds is 5. The summed E-state index contributed by atoms with van der Waals surface area (Å²) in [6, 6.07) is 16.3. The molecule has 6 nitrogen and oxygen atoms in total. The van der Waals surface area contributed by atoms with Crippen molar-refractivity contribution in [1.82, 2.24) is 4.90 Å². The summed E-state index contributed by atoms with van der Waals surface area (Å²) in [7, 11) is 1.50. The van der Waals surface area contributed by atoms with Crippen molar-refractivity contribution in [2.24, 2.45) is 0 Å². The molecule has 0 bridgehead atoms. The lowest BCUT2D eigenvalue weighted by molar-refractivity contribution is -0.143.